The molecular formula is C21H26N2O2. The van der Waals surface area contributed by atoms with Gasteiger partial charge in [0.15, 0.2) is 0 Å². The second-order valence-corrected chi connectivity index (χ2v) is 7.44. The maximum atomic E-state index is 11.1. The van der Waals surface area contributed by atoms with E-state index in [0.29, 0.717) is 5.56 Å². The number of hydrogen-bond acceptors (Lipinski definition) is 3. The van der Waals surface area contributed by atoms with Crippen LogP contribution < -0.4 is 0 Å². The van der Waals surface area contributed by atoms with E-state index in [1.165, 1.54) is 5.56 Å². The molecule has 1 fully saturated rings. The molecule has 1 aliphatic heterocycles. The van der Waals surface area contributed by atoms with Gasteiger partial charge in [0.05, 0.1) is 5.56 Å². The fourth-order valence-electron chi connectivity index (χ4n) is 3.58. The van der Waals surface area contributed by atoms with E-state index in [1.807, 2.05) is 12.1 Å². The van der Waals surface area contributed by atoms with E-state index >= 15 is 0 Å². The van der Waals surface area contributed by atoms with E-state index in [4.69, 9.17) is 5.11 Å². The Morgan fingerprint density at radius 3 is 2.40 bits per heavy atom. The highest BCUT2D eigenvalue weighted by Crippen LogP contribution is 2.24. The molecule has 0 amide bonds. The smallest absolute Gasteiger partial charge is 0.335 e. The van der Waals surface area contributed by atoms with Gasteiger partial charge in [0.25, 0.3) is 0 Å². The average molecular weight is 338 g/mol. The van der Waals surface area contributed by atoms with Gasteiger partial charge in [-0.1, -0.05) is 42.5 Å². The van der Waals surface area contributed by atoms with Crippen LogP contribution in [0.2, 0.25) is 0 Å². The van der Waals surface area contributed by atoms with Crippen molar-refractivity contribution < 1.29 is 9.90 Å². The summed E-state index contributed by atoms with van der Waals surface area (Å²) in [6, 6.07) is 17.9. The summed E-state index contributed by atoms with van der Waals surface area (Å²) in [7, 11) is 0. The normalized spacial score (nSPS) is 18.2. The molecule has 0 unspecified atom stereocenters. The molecule has 0 radical (unpaired) electrons. The molecule has 132 valence electrons. The zero-order chi connectivity index (χ0) is 17.9. The van der Waals surface area contributed by atoms with Gasteiger partial charge in [0, 0.05) is 38.3 Å². The second kappa shape index (κ2) is 7.38. The van der Waals surface area contributed by atoms with E-state index in [0.717, 1.165) is 38.3 Å². The molecule has 2 aromatic carbocycles. The van der Waals surface area contributed by atoms with Crippen LogP contribution in [0.15, 0.2) is 54.6 Å². The Kier molecular flexibility index (Phi) is 5.21. The predicted octanol–water partition coefficient (Wildman–Crippen LogP) is 3.48. The SMILES string of the molecule is CC1(C)CN(Cc2cccc(C(=O)O)c2)CCN1Cc1ccccc1. The number of carbonyl (C=O) groups is 1. The lowest BCUT2D eigenvalue weighted by atomic mass is 9.97. The molecule has 1 saturated heterocycles. The highest BCUT2D eigenvalue weighted by molar-refractivity contribution is 5.87. The van der Waals surface area contributed by atoms with Crippen LogP contribution in [-0.4, -0.2) is 46.0 Å². The minimum Gasteiger partial charge on any atom is -0.478 e. The number of carboxylic acids is 1. The van der Waals surface area contributed by atoms with E-state index in [2.05, 4.69) is 54.0 Å². The molecule has 0 saturated carbocycles. The minimum atomic E-state index is -0.866. The predicted molar refractivity (Wildman–Crippen MR) is 99.6 cm³/mol. The third-order valence-corrected chi connectivity index (χ3v) is 4.95. The van der Waals surface area contributed by atoms with Gasteiger partial charge in [0.2, 0.25) is 0 Å². The van der Waals surface area contributed by atoms with Crippen molar-refractivity contribution in [2.75, 3.05) is 19.6 Å². The fraction of sp³-hybridized carbons (Fsp3) is 0.381. The fourth-order valence-corrected chi connectivity index (χ4v) is 3.58. The highest BCUT2D eigenvalue weighted by Gasteiger charge is 2.33. The van der Waals surface area contributed by atoms with Crippen molar-refractivity contribution in [3.05, 3.63) is 71.3 Å². The van der Waals surface area contributed by atoms with Gasteiger partial charge in [-0.15, -0.1) is 0 Å². The summed E-state index contributed by atoms with van der Waals surface area (Å²) in [5.74, 6) is -0.866. The number of nitrogens with zero attached hydrogens (tertiary/aromatic N) is 2. The van der Waals surface area contributed by atoms with Crippen LogP contribution in [0, 0.1) is 0 Å². The highest BCUT2D eigenvalue weighted by atomic mass is 16.4. The Morgan fingerprint density at radius 2 is 1.72 bits per heavy atom. The lowest BCUT2D eigenvalue weighted by Crippen LogP contribution is -2.58. The van der Waals surface area contributed by atoms with Gasteiger partial charge in [-0.05, 0) is 37.1 Å². The van der Waals surface area contributed by atoms with Crippen molar-refractivity contribution in [1.82, 2.24) is 9.80 Å². The van der Waals surface area contributed by atoms with Crippen molar-refractivity contribution in [2.24, 2.45) is 0 Å². The summed E-state index contributed by atoms with van der Waals surface area (Å²) >= 11 is 0. The zero-order valence-corrected chi connectivity index (χ0v) is 15.0. The summed E-state index contributed by atoms with van der Waals surface area (Å²) in [5.41, 5.74) is 2.85. The number of carboxylic acid groups (broad SMARTS) is 1. The van der Waals surface area contributed by atoms with E-state index in [1.54, 1.807) is 12.1 Å². The van der Waals surface area contributed by atoms with Crippen molar-refractivity contribution in [1.29, 1.82) is 0 Å². The van der Waals surface area contributed by atoms with Gasteiger partial charge in [0.1, 0.15) is 0 Å². The first kappa shape index (κ1) is 17.6. The Bertz CT molecular complexity index is 728. The summed E-state index contributed by atoms with van der Waals surface area (Å²) < 4.78 is 0. The third-order valence-electron chi connectivity index (χ3n) is 4.95. The van der Waals surface area contributed by atoms with Crippen LogP contribution >= 0.6 is 0 Å². The van der Waals surface area contributed by atoms with Crippen LogP contribution in [-0.2, 0) is 13.1 Å². The Hall–Kier alpha value is -2.17. The molecule has 0 bridgehead atoms. The maximum absolute atomic E-state index is 11.1. The molecule has 2 aromatic rings. The lowest BCUT2D eigenvalue weighted by molar-refractivity contribution is 0.0103. The first-order chi connectivity index (χ1) is 11.9. The quantitative estimate of drug-likeness (QED) is 0.906. The molecule has 25 heavy (non-hydrogen) atoms. The van der Waals surface area contributed by atoms with Crippen molar-refractivity contribution >= 4 is 5.97 Å². The number of aromatic carboxylic acids is 1. The largest absolute Gasteiger partial charge is 0.478 e. The number of rotatable bonds is 5. The van der Waals surface area contributed by atoms with Gasteiger partial charge >= 0.3 is 5.97 Å². The molecule has 0 aliphatic carbocycles. The van der Waals surface area contributed by atoms with Gasteiger partial charge in [-0.3, -0.25) is 9.80 Å². The van der Waals surface area contributed by atoms with Crippen LogP contribution in [0.5, 0.6) is 0 Å². The average Bonchev–Trinajstić information content (AvgIpc) is 2.58. The first-order valence-electron chi connectivity index (χ1n) is 8.78. The van der Waals surface area contributed by atoms with Gasteiger partial charge < -0.3 is 5.11 Å². The van der Waals surface area contributed by atoms with Gasteiger partial charge in [-0.2, -0.15) is 0 Å². The Labute approximate surface area is 149 Å². The van der Waals surface area contributed by atoms with E-state index in [-0.39, 0.29) is 5.54 Å². The molecule has 1 N–H and O–H groups in total. The lowest BCUT2D eigenvalue weighted by Gasteiger charge is -2.47. The molecule has 0 aromatic heterocycles. The van der Waals surface area contributed by atoms with Crippen molar-refractivity contribution in [2.45, 2.75) is 32.5 Å². The number of piperazine rings is 1. The van der Waals surface area contributed by atoms with Gasteiger partial charge in [-0.25, -0.2) is 4.79 Å². The van der Waals surface area contributed by atoms with E-state index in [9.17, 15) is 4.79 Å². The molecule has 4 heteroatoms. The van der Waals surface area contributed by atoms with Crippen LogP contribution in [0.3, 0.4) is 0 Å². The monoisotopic (exact) mass is 338 g/mol. The molecule has 3 rings (SSSR count). The molecule has 0 spiro atoms. The molecular weight excluding hydrogens is 312 g/mol. The van der Waals surface area contributed by atoms with Crippen LogP contribution in [0.4, 0.5) is 0 Å². The van der Waals surface area contributed by atoms with Crippen molar-refractivity contribution in [3.63, 3.8) is 0 Å². The summed E-state index contributed by atoms with van der Waals surface area (Å²) in [5, 5.41) is 9.15. The minimum absolute atomic E-state index is 0.0818. The topological polar surface area (TPSA) is 43.8 Å². The molecule has 0 atom stereocenters. The number of benzene rings is 2. The third kappa shape index (κ3) is 4.47. The Morgan fingerprint density at radius 1 is 1.00 bits per heavy atom. The zero-order valence-electron chi connectivity index (χ0n) is 15.0. The first-order valence-corrected chi connectivity index (χ1v) is 8.78. The maximum Gasteiger partial charge on any atom is 0.335 e. The second-order valence-electron chi connectivity index (χ2n) is 7.44. The van der Waals surface area contributed by atoms with E-state index < -0.39 is 5.97 Å². The summed E-state index contributed by atoms with van der Waals surface area (Å²) in [6.45, 7) is 9.32. The molecule has 4 nitrogen and oxygen atoms in total. The molecule has 1 aliphatic rings. The number of hydrogen-bond donors (Lipinski definition) is 1. The van der Waals surface area contributed by atoms with Crippen molar-refractivity contribution in [3.8, 4) is 0 Å². The standard InChI is InChI=1S/C21H26N2O2/c1-21(2)16-22(14-18-9-6-10-19(13-18)20(24)25)11-12-23(21)15-17-7-4-3-5-8-17/h3-10,13H,11-12,14-16H2,1-2H3,(H,24,25). The van der Waals surface area contributed by atoms with Crippen LogP contribution in [0.1, 0.15) is 35.3 Å². The summed E-state index contributed by atoms with van der Waals surface area (Å²) in [4.78, 5) is 16.1. The summed E-state index contributed by atoms with van der Waals surface area (Å²) in [6.07, 6.45) is 0. The Balaban J connectivity index is 1.64. The molecule has 1 heterocycles. The van der Waals surface area contributed by atoms with Crippen LogP contribution in [0.25, 0.3) is 0 Å².